The molecule has 1 amide bonds. The third-order valence-electron chi connectivity index (χ3n) is 4.01. The highest BCUT2D eigenvalue weighted by atomic mass is 32.2. The minimum absolute atomic E-state index is 0.128. The Hall–Kier alpha value is -3.30. The monoisotopic (exact) mass is 409 g/mol. The van der Waals surface area contributed by atoms with E-state index in [0.717, 1.165) is 5.56 Å². The van der Waals surface area contributed by atoms with Crippen LogP contribution < -0.4 is 5.48 Å². The first kappa shape index (κ1) is 19.0. The van der Waals surface area contributed by atoms with E-state index < -0.39 is 0 Å². The molecule has 4 rings (SSSR count). The maximum atomic E-state index is 13.2. The van der Waals surface area contributed by atoms with Crippen molar-refractivity contribution in [2.45, 2.75) is 11.6 Å². The van der Waals surface area contributed by atoms with Crippen LogP contribution in [0, 0.1) is 5.82 Å². The molecule has 0 bridgehead atoms. The van der Waals surface area contributed by atoms with Crippen molar-refractivity contribution in [2.24, 2.45) is 0 Å². The van der Waals surface area contributed by atoms with Gasteiger partial charge in [0, 0.05) is 0 Å². The first-order valence-corrected chi connectivity index (χ1v) is 9.71. The summed E-state index contributed by atoms with van der Waals surface area (Å²) in [6.07, 6.45) is 3.04. The van der Waals surface area contributed by atoms with Gasteiger partial charge in [-0.25, -0.2) is 24.5 Å². The molecule has 2 aromatic heterocycles. The topological polar surface area (TPSA) is 81.9 Å². The van der Waals surface area contributed by atoms with Crippen molar-refractivity contribution in [1.82, 2.24) is 25.2 Å². The van der Waals surface area contributed by atoms with Crippen molar-refractivity contribution in [3.05, 3.63) is 78.5 Å². The molecule has 4 aromatic rings. The van der Waals surface area contributed by atoms with Crippen LogP contribution in [0.3, 0.4) is 0 Å². The highest BCUT2D eigenvalue weighted by molar-refractivity contribution is 8.00. The Morgan fingerprint density at radius 1 is 1.10 bits per heavy atom. The molecule has 1 N–H and O–H groups in total. The minimum Gasteiger partial charge on any atom is -0.272 e. The van der Waals surface area contributed by atoms with Crippen LogP contribution >= 0.6 is 11.8 Å². The second kappa shape index (κ2) is 8.80. The maximum Gasteiger partial charge on any atom is 0.253 e. The fourth-order valence-electron chi connectivity index (χ4n) is 2.65. The van der Waals surface area contributed by atoms with Gasteiger partial charge in [0.2, 0.25) is 0 Å². The number of fused-ring (bicyclic) bond motifs is 1. The Morgan fingerprint density at radius 2 is 1.90 bits per heavy atom. The molecule has 0 radical (unpaired) electrons. The van der Waals surface area contributed by atoms with E-state index in [1.165, 1.54) is 30.2 Å². The molecule has 146 valence electrons. The Labute approximate surface area is 169 Å². The molecule has 0 saturated heterocycles. The molecule has 7 nitrogen and oxygen atoms in total. The molecule has 9 heteroatoms. The van der Waals surface area contributed by atoms with E-state index in [1.54, 1.807) is 23.0 Å². The fraction of sp³-hybridized carbons (Fsp3) is 0.100. The molecule has 2 heterocycles. The minimum atomic E-state index is -0.323. The van der Waals surface area contributed by atoms with Crippen molar-refractivity contribution < 1.29 is 14.0 Å². The van der Waals surface area contributed by atoms with E-state index in [9.17, 15) is 9.18 Å². The third kappa shape index (κ3) is 4.58. The molecule has 0 aliphatic carbocycles. The highest BCUT2D eigenvalue weighted by Crippen LogP contribution is 2.25. The van der Waals surface area contributed by atoms with E-state index in [1.807, 2.05) is 30.3 Å². The third-order valence-corrected chi connectivity index (χ3v) is 5.01. The van der Waals surface area contributed by atoms with Gasteiger partial charge in [0.05, 0.1) is 29.6 Å². The maximum absolute atomic E-state index is 13.2. The average Bonchev–Trinajstić information content (AvgIpc) is 3.18. The molecule has 29 heavy (non-hydrogen) atoms. The van der Waals surface area contributed by atoms with Gasteiger partial charge >= 0.3 is 0 Å². The average molecular weight is 409 g/mol. The van der Waals surface area contributed by atoms with Crippen molar-refractivity contribution in [1.29, 1.82) is 0 Å². The number of hydrogen-bond donors (Lipinski definition) is 1. The van der Waals surface area contributed by atoms with Gasteiger partial charge in [0.15, 0.2) is 5.65 Å². The number of halogens is 1. The largest absolute Gasteiger partial charge is 0.272 e. The molecule has 2 aromatic carbocycles. The molecule has 0 aliphatic heterocycles. The van der Waals surface area contributed by atoms with Gasteiger partial charge in [-0.3, -0.25) is 9.63 Å². The van der Waals surface area contributed by atoms with Gasteiger partial charge in [-0.15, -0.1) is 0 Å². The first-order chi connectivity index (χ1) is 14.2. The summed E-state index contributed by atoms with van der Waals surface area (Å²) >= 11 is 1.26. The molecule has 0 aliphatic rings. The van der Waals surface area contributed by atoms with E-state index >= 15 is 0 Å². The summed E-state index contributed by atoms with van der Waals surface area (Å²) in [6.45, 7) is 0.291. The van der Waals surface area contributed by atoms with Gasteiger partial charge in [0.1, 0.15) is 17.2 Å². The van der Waals surface area contributed by atoms with Gasteiger partial charge in [-0.1, -0.05) is 42.1 Å². The Bertz CT molecular complexity index is 1120. The van der Waals surface area contributed by atoms with Gasteiger partial charge in [0.25, 0.3) is 5.91 Å². The Balaban J connectivity index is 1.39. The number of rotatable bonds is 7. The Morgan fingerprint density at radius 3 is 2.69 bits per heavy atom. The van der Waals surface area contributed by atoms with Crippen molar-refractivity contribution >= 4 is 28.7 Å². The number of hydroxylamine groups is 1. The van der Waals surface area contributed by atoms with Crippen LogP contribution in [-0.2, 0) is 16.2 Å². The number of amides is 1. The summed E-state index contributed by atoms with van der Waals surface area (Å²) in [5.74, 6) is -0.469. The second-order valence-electron chi connectivity index (χ2n) is 6.04. The molecule has 0 saturated carbocycles. The number of nitrogens with zero attached hydrogens (tertiary/aromatic N) is 4. The number of hydrogen-bond acceptors (Lipinski definition) is 6. The van der Waals surface area contributed by atoms with Crippen molar-refractivity contribution in [3.8, 4) is 5.69 Å². The Kier molecular flexibility index (Phi) is 5.78. The molecule has 0 atom stereocenters. The lowest BCUT2D eigenvalue weighted by atomic mass is 10.2. The van der Waals surface area contributed by atoms with Crippen LogP contribution in [0.15, 0.2) is 72.1 Å². The van der Waals surface area contributed by atoms with E-state index in [0.29, 0.717) is 28.4 Å². The highest BCUT2D eigenvalue weighted by Gasteiger charge is 2.13. The van der Waals surface area contributed by atoms with Crippen LogP contribution in [0.1, 0.15) is 5.56 Å². The fourth-order valence-corrected chi connectivity index (χ4v) is 3.39. The van der Waals surface area contributed by atoms with Gasteiger partial charge < -0.3 is 0 Å². The van der Waals surface area contributed by atoms with Crippen LogP contribution in [0.4, 0.5) is 4.39 Å². The summed E-state index contributed by atoms with van der Waals surface area (Å²) in [5.41, 5.74) is 4.65. The molecule has 0 unspecified atom stereocenters. The van der Waals surface area contributed by atoms with Crippen LogP contribution in [0.25, 0.3) is 16.7 Å². The number of nitrogens with one attached hydrogen (secondary N) is 1. The lowest BCUT2D eigenvalue weighted by molar-refractivity contribution is -0.131. The van der Waals surface area contributed by atoms with Crippen LogP contribution in [0.5, 0.6) is 0 Å². The normalized spacial score (nSPS) is 10.9. The first-order valence-electron chi connectivity index (χ1n) is 8.73. The second-order valence-corrected chi connectivity index (χ2v) is 7.00. The zero-order chi connectivity index (χ0) is 20.1. The van der Waals surface area contributed by atoms with Crippen LogP contribution in [-0.4, -0.2) is 31.4 Å². The zero-order valence-electron chi connectivity index (χ0n) is 15.2. The molecule has 0 fully saturated rings. The summed E-state index contributed by atoms with van der Waals surface area (Å²) in [7, 11) is 0. The van der Waals surface area contributed by atoms with E-state index in [4.69, 9.17) is 4.84 Å². The molecular formula is C20H16FN5O2S. The quantitative estimate of drug-likeness (QED) is 0.287. The number of thioether (sulfide) groups is 1. The summed E-state index contributed by atoms with van der Waals surface area (Å²) in [4.78, 5) is 25.8. The lowest BCUT2D eigenvalue weighted by Crippen LogP contribution is -2.25. The molecule has 0 spiro atoms. The lowest BCUT2D eigenvalue weighted by Gasteiger charge is -2.06. The SMILES string of the molecule is O=C(CSc1ncnc2c1cnn2-c1ccc(F)cc1)NOCc1ccccc1. The summed E-state index contributed by atoms with van der Waals surface area (Å²) in [6, 6.07) is 15.5. The number of benzene rings is 2. The summed E-state index contributed by atoms with van der Waals surface area (Å²) < 4.78 is 14.8. The summed E-state index contributed by atoms with van der Waals surface area (Å²) in [5, 5.41) is 5.65. The van der Waals surface area contributed by atoms with Gasteiger partial charge in [-0.2, -0.15) is 5.10 Å². The van der Waals surface area contributed by atoms with Crippen molar-refractivity contribution in [3.63, 3.8) is 0 Å². The number of carbonyl (C=O) groups excluding carboxylic acids is 1. The van der Waals surface area contributed by atoms with E-state index in [2.05, 4.69) is 20.5 Å². The van der Waals surface area contributed by atoms with Crippen molar-refractivity contribution in [2.75, 3.05) is 5.75 Å². The predicted octanol–water partition coefficient (Wildman–Crippen LogP) is 3.29. The molecular weight excluding hydrogens is 393 g/mol. The van der Waals surface area contributed by atoms with Gasteiger partial charge in [-0.05, 0) is 29.8 Å². The standard InChI is InChI=1S/C20H16FN5O2S/c21-15-6-8-16(9-7-15)26-19-17(10-24-26)20(23-13-22-19)29-12-18(27)25-28-11-14-4-2-1-3-5-14/h1-10,13H,11-12H2,(H,25,27). The number of carbonyl (C=O) groups is 1. The predicted molar refractivity (Wildman–Crippen MR) is 107 cm³/mol. The number of aromatic nitrogens is 4. The van der Waals surface area contributed by atoms with E-state index in [-0.39, 0.29) is 17.5 Å². The van der Waals surface area contributed by atoms with Crippen LogP contribution in [0.2, 0.25) is 0 Å². The smallest absolute Gasteiger partial charge is 0.253 e. The zero-order valence-corrected chi connectivity index (χ0v) is 16.0.